The summed E-state index contributed by atoms with van der Waals surface area (Å²) in [6.07, 6.45) is -5.65. The van der Waals surface area contributed by atoms with E-state index in [9.17, 15) is 18.0 Å². The highest BCUT2D eigenvalue weighted by atomic mass is 28.4. The second-order valence-corrected chi connectivity index (χ2v) is 12.3. The maximum atomic E-state index is 14.0. The molecular formula is C18H26F3NO4Si. The number of hydrogen-bond donors (Lipinski definition) is 0. The van der Waals surface area contributed by atoms with Crippen LogP contribution in [-0.4, -0.2) is 44.0 Å². The number of halogens is 3. The summed E-state index contributed by atoms with van der Waals surface area (Å²) in [6, 6.07) is 7.59. The third-order valence-corrected chi connectivity index (χ3v) is 4.98. The second-order valence-electron chi connectivity index (χ2n) is 7.85. The van der Waals surface area contributed by atoms with E-state index in [0.29, 0.717) is 0 Å². The van der Waals surface area contributed by atoms with Crippen molar-refractivity contribution in [2.24, 2.45) is 5.92 Å². The molecule has 1 aromatic rings. The van der Waals surface area contributed by atoms with Crippen molar-refractivity contribution in [1.29, 1.82) is 0 Å². The molecule has 1 aromatic carbocycles. The van der Waals surface area contributed by atoms with E-state index >= 15 is 0 Å². The molecule has 27 heavy (non-hydrogen) atoms. The van der Waals surface area contributed by atoms with Crippen molar-refractivity contribution in [1.82, 2.24) is 4.90 Å². The Labute approximate surface area is 158 Å². The molecule has 1 aliphatic heterocycles. The van der Waals surface area contributed by atoms with Gasteiger partial charge in [-0.3, -0.25) is 4.90 Å². The lowest BCUT2D eigenvalue weighted by molar-refractivity contribution is -0.348. The quantitative estimate of drug-likeness (QED) is 0.664. The van der Waals surface area contributed by atoms with Gasteiger partial charge in [0.15, 0.2) is 8.32 Å². The molecule has 1 saturated heterocycles. The fraction of sp³-hybridized carbons (Fsp3) is 0.611. The van der Waals surface area contributed by atoms with Crippen molar-refractivity contribution < 1.29 is 31.9 Å². The number of ether oxygens (including phenoxy) is 2. The lowest BCUT2D eigenvalue weighted by atomic mass is 9.94. The van der Waals surface area contributed by atoms with Gasteiger partial charge in [-0.1, -0.05) is 44.2 Å². The zero-order valence-electron chi connectivity index (χ0n) is 16.2. The summed E-state index contributed by atoms with van der Waals surface area (Å²) in [5.41, 5.74) is 0.743. The molecule has 0 radical (unpaired) electrons. The molecule has 2 atom stereocenters. The Balaban J connectivity index is 2.26. The molecule has 0 aliphatic carbocycles. The fourth-order valence-corrected chi connectivity index (χ4v) is 4.36. The van der Waals surface area contributed by atoms with E-state index in [2.05, 4.69) is 0 Å². The summed E-state index contributed by atoms with van der Waals surface area (Å²) >= 11 is 0. The largest absolute Gasteiger partial charge is 0.444 e. The molecule has 2 rings (SSSR count). The molecule has 0 aromatic heterocycles. The summed E-state index contributed by atoms with van der Waals surface area (Å²) in [5.74, 6) is -3.41. The van der Waals surface area contributed by atoms with Gasteiger partial charge in [0.05, 0.1) is 0 Å². The summed E-state index contributed by atoms with van der Waals surface area (Å²) in [5, 5.41) is 0. The zero-order valence-corrected chi connectivity index (χ0v) is 17.2. The Hall–Kier alpha value is -1.58. The van der Waals surface area contributed by atoms with Crippen LogP contribution in [0.3, 0.4) is 0 Å². The van der Waals surface area contributed by atoms with E-state index < -0.39 is 45.1 Å². The topological polar surface area (TPSA) is 48.0 Å². The van der Waals surface area contributed by atoms with E-state index in [1.54, 1.807) is 57.8 Å². The third-order valence-electron chi connectivity index (χ3n) is 4.07. The number of benzene rings is 1. The van der Waals surface area contributed by atoms with Crippen molar-refractivity contribution >= 4 is 14.4 Å². The van der Waals surface area contributed by atoms with Crippen LogP contribution >= 0.6 is 0 Å². The monoisotopic (exact) mass is 405 g/mol. The Kier molecular flexibility index (Phi) is 6.28. The molecule has 0 spiro atoms. The summed E-state index contributed by atoms with van der Waals surface area (Å²) in [6.45, 7) is 7.58. The molecule has 1 fully saturated rings. The Morgan fingerprint density at radius 3 is 2.37 bits per heavy atom. The maximum Gasteiger partial charge on any atom is 0.444 e. The molecule has 1 heterocycles. The van der Waals surface area contributed by atoms with Crippen molar-refractivity contribution in [3.05, 3.63) is 35.9 Å². The minimum atomic E-state index is -4.79. The van der Waals surface area contributed by atoms with Crippen LogP contribution in [0.25, 0.3) is 0 Å². The predicted molar refractivity (Wildman–Crippen MR) is 96.3 cm³/mol. The summed E-state index contributed by atoms with van der Waals surface area (Å²) in [4.78, 5) is 13.5. The van der Waals surface area contributed by atoms with Crippen LogP contribution in [-0.2, 0) is 20.5 Å². The first-order chi connectivity index (χ1) is 12.4. The van der Waals surface area contributed by atoms with Gasteiger partial charge in [0.2, 0.25) is 0 Å². The molecule has 0 bridgehead atoms. The van der Waals surface area contributed by atoms with Crippen LogP contribution in [0.15, 0.2) is 30.3 Å². The average Bonchev–Trinajstić information content (AvgIpc) is 2.92. The van der Waals surface area contributed by atoms with Gasteiger partial charge in [0, 0.05) is 0 Å². The molecule has 0 unspecified atom stereocenters. The Bertz CT molecular complexity index is 648. The van der Waals surface area contributed by atoms with Gasteiger partial charge in [-0.15, -0.1) is 0 Å². The molecule has 152 valence electrons. The van der Waals surface area contributed by atoms with E-state index in [-0.39, 0.29) is 6.61 Å². The van der Waals surface area contributed by atoms with Gasteiger partial charge in [0.1, 0.15) is 19.4 Å². The van der Waals surface area contributed by atoms with Crippen molar-refractivity contribution in [2.75, 3.05) is 6.73 Å². The van der Waals surface area contributed by atoms with Gasteiger partial charge >= 0.3 is 12.3 Å². The molecule has 5 nitrogen and oxygen atoms in total. The Morgan fingerprint density at radius 1 is 1.30 bits per heavy atom. The van der Waals surface area contributed by atoms with Crippen LogP contribution < -0.4 is 0 Å². The number of amides is 1. The fourth-order valence-electron chi connectivity index (χ4n) is 3.16. The number of nitrogens with zero attached hydrogens (tertiary/aromatic N) is 1. The van der Waals surface area contributed by atoms with Gasteiger partial charge in [-0.2, -0.15) is 13.2 Å². The van der Waals surface area contributed by atoms with Gasteiger partial charge in [-0.05, 0) is 31.1 Å². The maximum absolute atomic E-state index is 14.0. The SMILES string of the molecule is CC(C)[C@@H]1N(C(=O)OCc2ccccc2)CO[C@@]1(O[Si](C)(C)C)C(F)(F)F. The first kappa shape index (κ1) is 21.7. The number of carbonyl (C=O) groups is 1. The molecule has 0 saturated carbocycles. The lowest BCUT2D eigenvalue weighted by Gasteiger charge is -2.42. The predicted octanol–water partition coefficient (Wildman–Crippen LogP) is 4.75. The number of rotatable bonds is 5. The Morgan fingerprint density at radius 2 is 1.89 bits per heavy atom. The number of alkyl halides is 3. The molecule has 9 heteroatoms. The highest BCUT2D eigenvalue weighted by Crippen LogP contribution is 2.47. The van der Waals surface area contributed by atoms with Gasteiger partial charge < -0.3 is 13.9 Å². The van der Waals surface area contributed by atoms with Crippen molar-refractivity contribution in [2.45, 2.75) is 58.1 Å². The van der Waals surface area contributed by atoms with Crippen LogP contribution in [0.2, 0.25) is 19.6 Å². The average molecular weight is 405 g/mol. The molecule has 0 N–H and O–H groups in total. The van der Waals surface area contributed by atoms with E-state index in [4.69, 9.17) is 13.9 Å². The van der Waals surface area contributed by atoms with Crippen LogP contribution in [0, 0.1) is 5.92 Å². The lowest BCUT2D eigenvalue weighted by Crippen LogP contribution is -2.63. The zero-order chi connectivity index (χ0) is 20.5. The normalized spacial score (nSPS) is 23.7. The third kappa shape index (κ3) is 4.83. The van der Waals surface area contributed by atoms with Crippen molar-refractivity contribution in [3.63, 3.8) is 0 Å². The first-order valence-electron chi connectivity index (χ1n) is 8.75. The molecule has 1 aliphatic rings. The summed E-state index contributed by atoms with van der Waals surface area (Å²) in [7, 11) is -2.65. The van der Waals surface area contributed by atoms with E-state index in [1.807, 2.05) is 6.07 Å². The van der Waals surface area contributed by atoms with Crippen molar-refractivity contribution in [3.8, 4) is 0 Å². The number of hydrogen-bond acceptors (Lipinski definition) is 4. The number of carbonyl (C=O) groups excluding carboxylic acids is 1. The van der Waals surface area contributed by atoms with E-state index in [0.717, 1.165) is 10.5 Å². The smallest absolute Gasteiger partial charge is 0.444 e. The highest BCUT2D eigenvalue weighted by molar-refractivity contribution is 6.69. The second kappa shape index (κ2) is 7.81. The van der Waals surface area contributed by atoms with Gasteiger partial charge in [-0.25, -0.2) is 4.79 Å². The minimum absolute atomic E-state index is 0.0329. The molecular weight excluding hydrogens is 379 g/mol. The minimum Gasteiger partial charge on any atom is -0.444 e. The first-order valence-corrected chi connectivity index (χ1v) is 12.2. The summed E-state index contributed by atoms with van der Waals surface area (Å²) < 4.78 is 58.0. The standard InChI is InChI=1S/C18H26F3NO4Si/c1-13(2)15-17(18(19,20)21,26-27(3,4)5)25-12-22(15)16(23)24-11-14-9-7-6-8-10-14/h6-10,13,15H,11-12H2,1-5H3/t15-,17-/m0/s1. The van der Waals surface area contributed by atoms with Crippen LogP contribution in [0.5, 0.6) is 0 Å². The van der Waals surface area contributed by atoms with E-state index in [1.165, 1.54) is 0 Å². The highest BCUT2D eigenvalue weighted by Gasteiger charge is 2.70. The van der Waals surface area contributed by atoms with Crippen LogP contribution in [0.4, 0.5) is 18.0 Å². The molecule has 1 amide bonds. The van der Waals surface area contributed by atoms with Crippen LogP contribution in [0.1, 0.15) is 19.4 Å². The van der Waals surface area contributed by atoms with Gasteiger partial charge in [0.25, 0.3) is 5.79 Å².